The van der Waals surface area contributed by atoms with Crippen molar-refractivity contribution in [1.82, 2.24) is 19.1 Å². The van der Waals surface area contributed by atoms with Gasteiger partial charge in [0, 0.05) is 38.2 Å². The summed E-state index contributed by atoms with van der Waals surface area (Å²) in [6.07, 6.45) is 0. The molecular formula is C54H34N4. The molecule has 4 nitrogen and oxygen atoms in total. The van der Waals surface area contributed by atoms with Gasteiger partial charge < -0.3 is 4.57 Å². The zero-order valence-electron chi connectivity index (χ0n) is 31.4. The molecule has 0 saturated heterocycles. The summed E-state index contributed by atoms with van der Waals surface area (Å²) in [6.45, 7) is 0. The van der Waals surface area contributed by atoms with Gasteiger partial charge in [0.25, 0.3) is 0 Å². The van der Waals surface area contributed by atoms with Crippen LogP contribution in [0.3, 0.4) is 0 Å². The molecule has 0 spiro atoms. The molecule has 9 aromatic carbocycles. The minimum atomic E-state index is 0.659. The highest BCUT2D eigenvalue weighted by Crippen LogP contribution is 2.42. The smallest absolute Gasteiger partial charge is 0.235 e. The first-order valence-corrected chi connectivity index (χ1v) is 19.8. The fourth-order valence-electron chi connectivity index (χ4n) is 9.11. The standard InChI is InChI=1S/C54H34N4/c1-3-15-37(16-4-1)53-44-22-9-12-24-47(44)55-54(56-53)58-48-25-13-10-20-41(48)42-32-31-38(33-50(42)58)35-27-29-36(30-28-35)46-34-51-52(43-21-8-7-19-40(43)46)45-23-11-14-26-49(45)57(51)39-17-5-2-6-18-39/h1-34H. The molecule has 3 heterocycles. The van der Waals surface area contributed by atoms with E-state index in [1.54, 1.807) is 0 Å². The molecule has 0 fully saturated rings. The maximum atomic E-state index is 5.30. The molecule has 0 saturated carbocycles. The van der Waals surface area contributed by atoms with Gasteiger partial charge in [0.1, 0.15) is 0 Å². The van der Waals surface area contributed by atoms with E-state index in [4.69, 9.17) is 9.97 Å². The third-order valence-electron chi connectivity index (χ3n) is 11.7. The van der Waals surface area contributed by atoms with Gasteiger partial charge in [0.2, 0.25) is 5.95 Å². The summed E-state index contributed by atoms with van der Waals surface area (Å²) in [5, 5.41) is 8.43. The largest absolute Gasteiger partial charge is 0.309 e. The van der Waals surface area contributed by atoms with Gasteiger partial charge >= 0.3 is 0 Å². The summed E-state index contributed by atoms with van der Waals surface area (Å²) < 4.78 is 4.64. The van der Waals surface area contributed by atoms with Crippen molar-refractivity contribution in [3.8, 4) is 45.1 Å². The van der Waals surface area contributed by atoms with E-state index in [1.807, 2.05) is 12.1 Å². The zero-order chi connectivity index (χ0) is 38.2. The Labute approximate surface area is 334 Å². The van der Waals surface area contributed by atoms with Gasteiger partial charge in [-0.05, 0) is 75.5 Å². The number of para-hydroxylation sites is 4. The van der Waals surface area contributed by atoms with Crippen LogP contribution in [0.2, 0.25) is 0 Å². The SMILES string of the molecule is c1ccc(-c2nc(-n3c4ccccc4c4ccc(-c5ccc(-c6cc7c(c8ccccc68)c6ccccc6n7-c6ccccc6)cc5)cc43)nc3ccccc23)cc1. The van der Waals surface area contributed by atoms with Crippen LogP contribution >= 0.6 is 0 Å². The Morgan fingerprint density at radius 2 is 0.879 bits per heavy atom. The molecule has 0 radical (unpaired) electrons. The Bertz CT molecular complexity index is 3540. The van der Waals surface area contributed by atoms with E-state index in [-0.39, 0.29) is 0 Å². The maximum Gasteiger partial charge on any atom is 0.235 e. The Morgan fingerprint density at radius 3 is 1.66 bits per heavy atom. The van der Waals surface area contributed by atoms with E-state index in [2.05, 4.69) is 203 Å². The highest BCUT2D eigenvalue weighted by atomic mass is 15.2. The molecule has 3 aromatic heterocycles. The number of rotatable bonds is 5. The van der Waals surface area contributed by atoms with Crippen molar-refractivity contribution in [1.29, 1.82) is 0 Å². The van der Waals surface area contributed by atoms with E-state index in [1.165, 1.54) is 54.5 Å². The van der Waals surface area contributed by atoms with Crippen LogP contribution in [0.5, 0.6) is 0 Å². The monoisotopic (exact) mass is 738 g/mol. The Balaban J connectivity index is 1.02. The van der Waals surface area contributed by atoms with Crippen LogP contribution in [0, 0.1) is 0 Å². The van der Waals surface area contributed by atoms with Crippen molar-refractivity contribution in [3.63, 3.8) is 0 Å². The minimum absolute atomic E-state index is 0.659. The molecule has 270 valence electrons. The average Bonchev–Trinajstić information content (AvgIpc) is 3.82. The molecule has 0 aliphatic heterocycles. The Kier molecular flexibility index (Phi) is 7.20. The zero-order valence-corrected chi connectivity index (χ0v) is 31.4. The van der Waals surface area contributed by atoms with Crippen molar-refractivity contribution in [2.75, 3.05) is 0 Å². The molecule has 0 bridgehead atoms. The van der Waals surface area contributed by atoms with Gasteiger partial charge in [-0.15, -0.1) is 0 Å². The van der Waals surface area contributed by atoms with Crippen LogP contribution in [0.15, 0.2) is 206 Å². The van der Waals surface area contributed by atoms with Crippen molar-refractivity contribution < 1.29 is 0 Å². The number of benzene rings is 9. The second kappa shape index (κ2) is 12.9. The molecule has 0 aliphatic carbocycles. The van der Waals surface area contributed by atoms with E-state index < -0.39 is 0 Å². The van der Waals surface area contributed by atoms with Gasteiger partial charge in [0.15, 0.2) is 0 Å². The lowest BCUT2D eigenvalue weighted by atomic mass is 9.93. The molecule has 12 rings (SSSR count). The predicted octanol–water partition coefficient (Wildman–Crippen LogP) is 14.0. The Morgan fingerprint density at radius 1 is 0.310 bits per heavy atom. The van der Waals surface area contributed by atoms with E-state index >= 15 is 0 Å². The summed E-state index contributed by atoms with van der Waals surface area (Å²) in [4.78, 5) is 10.5. The summed E-state index contributed by atoms with van der Waals surface area (Å²) in [6, 6.07) is 73.8. The topological polar surface area (TPSA) is 35.6 Å². The molecule has 0 N–H and O–H groups in total. The van der Waals surface area contributed by atoms with E-state index in [0.29, 0.717) is 5.95 Å². The summed E-state index contributed by atoms with van der Waals surface area (Å²) in [5.74, 6) is 0.659. The molecule has 4 heteroatoms. The van der Waals surface area contributed by atoms with Crippen LogP contribution < -0.4 is 0 Å². The average molecular weight is 739 g/mol. The number of nitrogens with zero attached hydrogens (tertiary/aromatic N) is 4. The third kappa shape index (κ3) is 4.95. The number of fused-ring (bicyclic) bond motifs is 9. The first kappa shape index (κ1) is 32.4. The number of hydrogen-bond acceptors (Lipinski definition) is 2. The summed E-state index contributed by atoms with van der Waals surface area (Å²) in [5.41, 5.74) is 13.3. The fraction of sp³-hybridized carbons (Fsp3) is 0. The van der Waals surface area contributed by atoms with Gasteiger partial charge in [-0.25, -0.2) is 9.97 Å². The highest BCUT2D eigenvalue weighted by Gasteiger charge is 2.20. The van der Waals surface area contributed by atoms with Crippen molar-refractivity contribution in [3.05, 3.63) is 206 Å². The van der Waals surface area contributed by atoms with Crippen LogP contribution in [0.25, 0.3) is 110 Å². The number of hydrogen-bond donors (Lipinski definition) is 0. The molecule has 0 unspecified atom stereocenters. The van der Waals surface area contributed by atoms with Crippen LogP contribution in [-0.4, -0.2) is 19.1 Å². The van der Waals surface area contributed by atoms with Gasteiger partial charge in [-0.1, -0.05) is 164 Å². The van der Waals surface area contributed by atoms with Gasteiger partial charge in [-0.3, -0.25) is 4.57 Å². The van der Waals surface area contributed by atoms with Crippen molar-refractivity contribution in [2.24, 2.45) is 0 Å². The number of aromatic nitrogens is 4. The normalized spacial score (nSPS) is 11.8. The molecule has 0 atom stereocenters. The highest BCUT2D eigenvalue weighted by molar-refractivity contribution is 6.24. The third-order valence-corrected chi connectivity index (χ3v) is 11.7. The van der Waals surface area contributed by atoms with Crippen LogP contribution in [0.4, 0.5) is 0 Å². The molecule has 58 heavy (non-hydrogen) atoms. The fourth-order valence-corrected chi connectivity index (χ4v) is 9.11. The first-order chi connectivity index (χ1) is 28.8. The lowest BCUT2D eigenvalue weighted by Crippen LogP contribution is -2.03. The van der Waals surface area contributed by atoms with Crippen LogP contribution in [0.1, 0.15) is 0 Å². The summed E-state index contributed by atoms with van der Waals surface area (Å²) >= 11 is 0. The van der Waals surface area contributed by atoms with Crippen molar-refractivity contribution >= 4 is 65.3 Å². The van der Waals surface area contributed by atoms with Gasteiger partial charge in [0.05, 0.1) is 33.3 Å². The molecule has 0 amide bonds. The Hall–Kier alpha value is -7.82. The van der Waals surface area contributed by atoms with E-state index in [0.717, 1.165) is 50.0 Å². The van der Waals surface area contributed by atoms with Crippen molar-refractivity contribution in [2.45, 2.75) is 0 Å². The second-order valence-corrected chi connectivity index (χ2v) is 15.0. The van der Waals surface area contributed by atoms with E-state index in [9.17, 15) is 0 Å². The maximum absolute atomic E-state index is 5.30. The lowest BCUT2D eigenvalue weighted by Gasteiger charge is -2.13. The second-order valence-electron chi connectivity index (χ2n) is 15.0. The minimum Gasteiger partial charge on any atom is -0.309 e. The molecular weight excluding hydrogens is 705 g/mol. The quantitative estimate of drug-likeness (QED) is 0.176. The lowest BCUT2D eigenvalue weighted by molar-refractivity contribution is 1.01. The molecule has 12 aromatic rings. The first-order valence-electron chi connectivity index (χ1n) is 19.8. The van der Waals surface area contributed by atoms with Gasteiger partial charge in [-0.2, -0.15) is 0 Å². The predicted molar refractivity (Wildman–Crippen MR) is 242 cm³/mol. The molecule has 0 aliphatic rings. The van der Waals surface area contributed by atoms with Crippen LogP contribution in [-0.2, 0) is 0 Å². The summed E-state index contributed by atoms with van der Waals surface area (Å²) in [7, 11) is 0.